The summed E-state index contributed by atoms with van der Waals surface area (Å²) in [5.74, 6) is -0.291. The Balaban J connectivity index is 2.25. The van der Waals surface area contributed by atoms with Gasteiger partial charge in [0.2, 0.25) is 0 Å². The van der Waals surface area contributed by atoms with Gasteiger partial charge in [-0.15, -0.1) is 0 Å². The van der Waals surface area contributed by atoms with Gasteiger partial charge in [0.15, 0.2) is 0 Å². The Hall–Kier alpha value is -1.77. The van der Waals surface area contributed by atoms with E-state index in [0.29, 0.717) is 6.61 Å². The molecule has 16 heavy (non-hydrogen) atoms. The molecule has 0 aromatic heterocycles. The maximum absolute atomic E-state index is 10.6. The molecule has 0 aliphatic carbocycles. The van der Waals surface area contributed by atoms with Crippen molar-refractivity contribution in [2.75, 3.05) is 0 Å². The number of ether oxygens (including phenoxy) is 2. The Morgan fingerprint density at radius 1 is 1.38 bits per heavy atom. The first-order valence-electron chi connectivity index (χ1n) is 5.18. The molecule has 0 saturated carbocycles. The van der Waals surface area contributed by atoms with Crippen LogP contribution in [-0.2, 0) is 20.9 Å². The lowest BCUT2D eigenvalue weighted by Crippen LogP contribution is -2.08. The standard InChI is InChI=1S/C13H16O3/c1-11(16-12(2)14)8-9-15-10-13-6-4-3-5-7-13/h3-9,11H,10H2,1-2H3. The summed E-state index contributed by atoms with van der Waals surface area (Å²) < 4.78 is 10.2. The van der Waals surface area contributed by atoms with Crippen molar-refractivity contribution in [3.05, 3.63) is 48.2 Å². The number of hydrogen-bond donors (Lipinski definition) is 0. The molecule has 1 atom stereocenters. The lowest BCUT2D eigenvalue weighted by atomic mass is 10.2. The minimum Gasteiger partial charge on any atom is -0.497 e. The number of hydrogen-bond acceptors (Lipinski definition) is 3. The topological polar surface area (TPSA) is 35.5 Å². The van der Waals surface area contributed by atoms with Gasteiger partial charge in [-0.05, 0) is 18.6 Å². The molecule has 0 bridgehead atoms. The monoisotopic (exact) mass is 220 g/mol. The van der Waals surface area contributed by atoms with Crippen molar-refractivity contribution in [2.24, 2.45) is 0 Å². The first kappa shape index (κ1) is 12.3. The Morgan fingerprint density at radius 3 is 2.69 bits per heavy atom. The van der Waals surface area contributed by atoms with E-state index in [9.17, 15) is 4.79 Å². The van der Waals surface area contributed by atoms with Crippen LogP contribution in [0.25, 0.3) is 0 Å². The van der Waals surface area contributed by atoms with Gasteiger partial charge >= 0.3 is 5.97 Å². The lowest BCUT2D eigenvalue weighted by molar-refractivity contribution is -0.143. The highest BCUT2D eigenvalue weighted by Crippen LogP contribution is 2.01. The van der Waals surface area contributed by atoms with Crippen LogP contribution in [0.2, 0.25) is 0 Å². The maximum Gasteiger partial charge on any atom is 0.303 e. The smallest absolute Gasteiger partial charge is 0.303 e. The third-order valence-corrected chi connectivity index (χ3v) is 1.89. The van der Waals surface area contributed by atoms with Gasteiger partial charge in [-0.2, -0.15) is 0 Å². The van der Waals surface area contributed by atoms with Gasteiger partial charge < -0.3 is 9.47 Å². The van der Waals surface area contributed by atoms with Crippen LogP contribution in [0.1, 0.15) is 19.4 Å². The van der Waals surface area contributed by atoms with Crippen molar-refractivity contribution in [3.63, 3.8) is 0 Å². The van der Waals surface area contributed by atoms with Crippen molar-refractivity contribution < 1.29 is 14.3 Å². The molecule has 86 valence electrons. The predicted octanol–water partition coefficient (Wildman–Crippen LogP) is 2.67. The number of carbonyl (C=O) groups excluding carboxylic acids is 1. The van der Waals surface area contributed by atoms with Crippen LogP contribution >= 0.6 is 0 Å². The van der Waals surface area contributed by atoms with Gasteiger partial charge in [0.1, 0.15) is 12.7 Å². The van der Waals surface area contributed by atoms with E-state index in [4.69, 9.17) is 9.47 Å². The van der Waals surface area contributed by atoms with E-state index in [-0.39, 0.29) is 12.1 Å². The Morgan fingerprint density at radius 2 is 2.06 bits per heavy atom. The van der Waals surface area contributed by atoms with E-state index < -0.39 is 0 Å². The largest absolute Gasteiger partial charge is 0.497 e. The second kappa shape index (κ2) is 6.67. The molecule has 1 rings (SSSR count). The van der Waals surface area contributed by atoms with E-state index >= 15 is 0 Å². The zero-order chi connectivity index (χ0) is 11.8. The lowest BCUT2D eigenvalue weighted by Gasteiger charge is -2.06. The van der Waals surface area contributed by atoms with Crippen molar-refractivity contribution >= 4 is 5.97 Å². The third-order valence-electron chi connectivity index (χ3n) is 1.89. The number of esters is 1. The van der Waals surface area contributed by atoms with Crippen LogP contribution in [-0.4, -0.2) is 12.1 Å². The van der Waals surface area contributed by atoms with E-state index in [2.05, 4.69) is 0 Å². The van der Waals surface area contributed by atoms with Crippen LogP contribution in [0.5, 0.6) is 0 Å². The third kappa shape index (κ3) is 5.20. The molecule has 0 amide bonds. The molecule has 0 aliphatic heterocycles. The summed E-state index contributed by atoms with van der Waals surface area (Å²) >= 11 is 0. The van der Waals surface area contributed by atoms with Crippen LogP contribution in [0.15, 0.2) is 42.7 Å². The van der Waals surface area contributed by atoms with Gasteiger partial charge in [-0.25, -0.2) is 0 Å². The molecule has 0 saturated heterocycles. The highest BCUT2D eigenvalue weighted by atomic mass is 16.5. The van der Waals surface area contributed by atoms with Gasteiger partial charge in [0, 0.05) is 6.92 Å². The molecule has 0 radical (unpaired) electrons. The SMILES string of the molecule is CC(=O)OC(C)C=COCc1ccccc1. The van der Waals surface area contributed by atoms with Crippen molar-refractivity contribution in [2.45, 2.75) is 26.6 Å². The summed E-state index contributed by atoms with van der Waals surface area (Å²) in [6, 6.07) is 9.86. The maximum atomic E-state index is 10.6. The molecule has 0 fully saturated rings. The molecule has 1 aromatic carbocycles. The van der Waals surface area contributed by atoms with E-state index in [1.807, 2.05) is 30.3 Å². The normalized spacial score (nSPS) is 12.4. The predicted molar refractivity (Wildman–Crippen MR) is 61.6 cm³/mol. The van der Waals surface area contributed by atoms with E-state index in [0.717, 1.165) is 5.56 Å². The fraction of sp³-hybridized carbons (Fsp3) is 0.308. The fourth-order valence-electron chi connectivity index (χ4n) is 1.19. The first-order valence-corrected chi connectivity index (χ1v) is 5.18. The van der Waals surface area contributed by atoms with Gasteiger partial charge in [0.05, 0.1) is 6.26 Å². The molecule has 0 spiro atoms. The quantitative estimate of drug-likeness (QED) is 0.565. The summed E-state index contributed by atoms with van der Waals surface area (Å²) in [5, 5.41) is 0. The van der Waals surface area contributed by atoms with E-state index in [1.165, 1.54) is 6.92 Å². The Labute approximate surface area is 95.7 Å². The molecule has 0 N–H and O–H groups in total. The Kier molecular flexibility index (Phi) is 5.12. The molecule has 3 heteroatoms. The molecule has 3 nitrogen and oxygen atoms in total. The molecule has 0 heterocycles. The molecular weight excluding hydrogens is 204 g/mol. The van der Waals surface area contributed by atoms with E-state index in [1.54, 1.807) is 19.3 Å². The zero-order valence-corrected chi connectivity index (χ0v) is 9.55. The number of carbonyl (C=O) groups is 1. The minimum absolute atomic E-state index is 0.256. The summed E-state index contributed by atoms with van der Waals surface area (Å²) in [7, 11) is 0. The summed E-state index contributed by atoms with van der Waals surface area (Å²) in [5.41, 5.74) is 1.10. The highest BCUT2D eigenvalue weighted by Gasteiger charge is 1.99. The average Bonchev–Trinajstić information content (AvgIpc) is 2.25. The second-order valence-electron chi connectivity index (χ2n) is 3.44. The Bertz CT molecular complexity index is 343. The van der Waals surface area contributed by atoms with Crippen LogP contribution in [0.4, 0.5) is 0 Å². The highest BCUT2D eigenvalue weighted by molar-refractivity contribution is 5.66. The van der Waals surface area contributed by atoms with Crippen molar-refractivity contribution in [1.29, 1.82) is 0 Å². The fourth-order valence-corrected chi connectivity index (χ4v) is 1.19. The first-order chi connectivity index (χ1) is 7.68. The summed E-state index contributed by atoms with van der Waals surface area (Å²) in [6.45, 7) is 3.68. The zero-order valence-electron chi connectivity index (χ0n) is 9.55. The number of benzene rings is 1. The number of rotatable bonds is 5. The minimum atomic E-state index is -0.291. The second-order valence-corrected chi connectivity index (χ2v) is 3.44. The van der Waals surface area contributed by atoms with Gasteiger partial charge in [0.25, 0.3) is 0 Å². The summed E-state index contributed by atoms with van der Waals surface area (Å²) in [4.78, 5) is 10.6. The van der Waals surface area contributed by atoms with Crippen molar-refractivity contribution in [1.82, 2.24) is 0 Å². The van der Waals surface area contributed by atoms with Gasteiger partial charge in [-0.3, -0.25) is 4.79 Å². The molecular formula is C13H16O3. The molecule has 0 aliphatic rings. The van der Waals surface area contributed by atoms with Crippen LogP contribution < -0.4 is 0 Å². The summed E-state index contributed by atoms with van der Waals surface area (Å²) in [6.07, 6.45) is 3.00. The van der Waals surface area contributed by atoms with Crippen LogP contribution in [0.3, 0.4) is 0 Å². The molecule has 1 aromatic rings. The molecule has 1 unspecified atom stereocenters. The average molecular weight is 220 g/mol. The van der Waals surface area contributed by atoms with Crippen LogP contribution in [0, 0.1) is 0 Å². The van der Waals surface area contributed by atoms with Gasteiger partial charge in [-0.1, -0.05) is 30.3 Å². The van der Waals surface area contributed by atoms with Crippen molar-refractivity contribution in [3.8, 4) is 0 Å².